The Hall–Kier alpha value is -5.44. The van der Waals surface area contributed by atoms with Gasteiger partial charge in [0.1, 0.15) is 37.1 Å². The van der Waals surface area contributed by atoms with Crippen LogP contribution in [-0.2, 0) is 71.0 Å². The van der Waals surface area contributed by atoms with E-state index in [1.54, 1.807) is 0 Å². The average Bonchev–Trinajstić information content (AvgIpc) is 2.64. The topological polar surface area (TPSA) is 67.0 Å². The van der Waals surface area contributed by atoms with E-state index in [4.69, 9.17) is 14.2 Å². The minimum absolute atomic E-state index is 0.0820. The van der Waals surface area contributed by atoms with Crippen molar-refractivity contribution in [3.05, 3.63) is 191 Å². The number of fused-ring (bicyclic) bond motifs is 21. The third kappa shape index (κ3) is 16.8. The molecule has 7 nitrogen and oxygen atoms in total. The highest BCUT2D eigenvalue weighted by Gasteiger charge is 2.28. The van der Waals surface area contributed by atoms with Crippen LogP contribution in [-0.4, -0.2) is 83.6 Å². The Bertz CT molecular complexity index is 2820. The number of hydrogen-bond acceptors (Lipinski definition) is 7. The predicted octanol–water partition coefficient (Wildman–Crippen LogP) is 15.6. The first-order valence-electron chi connectivity index (χ1n) is 32.5. The molecule has 0 atom stereocenters. The molecule has 0 saturated heterocycles. The van der Waals surface area contributed by atoms with E-state index in [0.717, 1.165) is 115 Å². The lowest BCUT2D eigenvalue weighted by Crippen LogP contribution is -2.42. The van der Waals surface area contributed by atoms with Crippen molar-refractivity contribution < 1.29 is 14.2 Å². The fourth-order valence-corrected chi connectivity index (χ4v) is 12.5. The molecule has 3 aliphatic rings. The van der Waals surface area contributed by atoms with Crippen LogP contribution in [0.5, 0.6) is 17.2 Å². The summed E-state index contributed by atoms with van der Waals surface area (Å²) in [4.78, 5) is 2.59. The highest BCUT2D eigenvalue weighted by Crippen LogP contribution is 2.42. The summed E-state index contributed by atoms with van der Waals surface area (Å²) in [5.41, 5.74) is 22.8. The summed E-state index contributed by atoms with van der Waals surface area (Å²) >= 11 is 0. The van der Waals surface area contributed by atoms with Crippen LogP contribution in [0.1, 0.15) is 225 Å². The monoisotopic (exact) mass is 1150 g/mol. The van der Waals surface area contributed by atoms with E-state index in [2.05, 4.69) is 236 Å². The van der Waals surface area contributed by atoms with Gasteiger partial charge in [-0.05, 0) is 133 Å². The molecule has 7 heteroatoms. The molecule has 3 N–H and O–H groups in total. The molecule has 0 aliphatic carbocycles. The van der Waals surface area contributed by atoms with Crippen molar-refractivity contribution in [3.63, 3.8) is 0 Å². The van der Waals surface area contributed by atoms with Crippen LogP contribution in [0.2, 0.25) is 0 Å². The lowest BCUT2D eigenvalue weighted by molar-refractivity contribution is 0.253. The van der Waals surface area contributed by atoms with Crippen molar-refractivity contribution in [1.29, 1.82) is 0 Å². The molecule has 0 radical (unpaired) electrons. The van der Waals surface area contributed by atoms with E-state index in [1.165, 1.54) is 100 Å². The molecule has 0 spiro atoms. The van der Waals surface area contributed by atoms with Crippen LogP contribution in [0.25, 0.3) is 0 Å². The van der Waals surface area contributed by atoms with Gasteiger partial charge in [-0.1, -0.05) is 216 Å². The minimum atomic E-state index is -0.0991. The maximum atomic E-state index is 7.31. The maximum absolute atomic E-state index is 7.31. The van der Waals surface area contributed by atoms with Gasteiger partial charge in [0.15, 0.2) is 0 Å². The van der Waals surface area contributed by atoms with Gasteiger partial charge in [-0.3, -0.25) is 4.90 Å². The average molecular weight is 1150 g/mol. The summed E-state index contributed by atoms with van der Waals surface area (Å²) in [5, 5.41) is 11.4. The maximum Gasteiger partial charge on any atom is 0.126 e. The largest absolute Gasteiger partial charge is 0.492 e. The van der Waals surface area contributed by atoms with Gasteiger partial charge in [0, 0.05) is 97.4 Å². The molecule has 3 aliphatic heterocycles. The molecule has 0 fully saturated rings. The van der Waals surface area contributed by atoms with Gasteiger partial charge in [-0.15, -0.1) is 0 Å². The number of nitrogens with zero attached hydrogens (tertiary/aromatic N) is 1. The molecule has 0 amide bonds. The van der Waals surface area contributed by atoms with Gasteiger partial charge in [0.25, 0.3) is 0 Å². The summed E-state index contributed by atoms with van der Waals surface area (Å²) in [7, 11) is 0. The second-order valence-corrected chi connectivity index (χ2v) is 31.7. The van der Waals surface area contributed by atoms with Gasteiger partial charge in [0.2, 0.25) is 0 Å². The van der Waals surface area contributed by atoms with Gasteiger partial charge < -0.3 is 30.2 Å². The Kier molecular flexibility index (Phi) is 19.4. The highest BCUT2D eigenvalue weighted by molar-refractivity contribution is 5.56. The summed E-state index contributed by atoms with van der Waals surface area (Å²) in [6.45, 7) is 51.9. The third-order valence-electron chi connectivity index (χ3n) is 17.8. The van der Waals surface area contributed by atoms with E-state index < -0.39 is 0 Å². The van der Waals surface area contributed by atoms with Crippen LogP contribution >= 0.6 is 0 Å². The van der Waals surface area contributed by atoms with E-state index >= 15 is 0 Å². The molecular weight excluding hydrogens is 1040 g/mol. The van der Waals surface area contributed by atoms with Gasteiger partial charge in [0.05, 0.1) is 0 Å². The van der Waals surface area contributed by atoms with E-state index in [-0.39, 0.29) is 32.5 Å². The Morgan fingerprint density at radius 1 is 0.259 bits per heavy atom. The number of ether oxygens (including phenoxy) is 3. The second kappa shape index (κ2) is 25.7. The SMILES string of the molecule is CC(C)(C)c1cc2cc(c1)Cc1cc(C(C)(C)C)cc3c1OCCNCCN1CCNCCOc4c(cc(C(C)(C)C)cc4Cc4cc(cc(C(C)(C)C)c4)Cc4cc(C(C)(C)C)cc(c4OCCNCC1)Cc1cc(cc(C(C)(C)C)c1)C3)C2. The fourth-order valence-electron chi connectivity index (χ4n) is 12.5. The fraction of sp³-hybridized carbons (Fsp3) is 0.538. The number of rotatable bonds is 0. The third-order valence-corrected chi connectivity index (χ3v) is 17.8. The molecule has 10 bridgehead atoms. The molecule has 0 aromatic heterocycles. The Balaban J connectivity index is 1.39. The lowest BCUT2D eigenvalue weighted by Gasteiger charge is -2.28. The minimum Gasteiger partial charge on any atom is -0.492 e. The summed E-state index contributed by atoms with van der Waals surface area (Å²) in [6, 6.07) is 37.3. The van der Waals surface area contributed by atoms with Crippen molar-refractivity contribution >= 4 is 0 Å². The molecule has 0 saturated carbocycles. The number of benzene rings is 6. The zero-order valence-corrected chi connectivity index (χ0v) is 56.1. The standard InChI is InChI=1S/C78H108N4O3/c1-73(2,3)64-40-52-31-53(41-64)35-59-47-68(77(13,14)15)49-61-37-55-33-57(45-66(43-55)75(7,8)9)39-63-51-69(78(16,17)18)50-62-38-56-32-54(42-65(44-56)74(4,5)6)36-60-48-67(76(10,11)12)46-58(34-52)70(60)83-28-22-79-19-25-82(26-20-80-23-29-84-71(59)61)27-21-81-24-30-85-72(62)63/h31-33,40-51,79-81H,19-30,34-39H2,1-18H3. The molecule has 0 unspecified atom stereocenters. The van der Waals surface area contributed by atoms with Crippen LogP contribution in [0.4, 0.5) is 0 Å². The molecule has 6 aromatic rings. The van der Waals surface area contributed by atoms with Gasteiger partial charge in [-0.2, -0.15) is 0 Å². The Morgan fingerprint density at radius 2 is 0.447 bits per heavy atom. The van der Waals surface area contributed by atoms with Crippen molar-refractivity contribution in [1.82, 2.24) is 20.9 Å². The van der Waals surface area contributed by atoms with Crippen LogP contribution in [0, 0.1) is 0 Å². The van der Waals surface area contributed by atoms with Crippen LogP contribution < -0.4 is 30.2 Å². The lowest BCUT2D eigenvalue weighted by atomic mass is 9.79. The van der Waals surface area contributed by atoms with Crippen molar-refractivity contribution in [3.8, 4) is 17.2 Å². The zero-order valence-electron chi connectivity index (χ0n) is 56.1. The predicted molar refractivity (Wildman–Crippen MR) is 359 cm³/mol. The Labute approximate surface area is 515 Å². The molecular formula is C78H108N4O3. The van der Waals surface area contributed by atoms with Crippen molar-refractivity contribution in [2.75, 3.05) is 78.7 Å². The smallest absolute Gasteiger partial charge is 0.126 e. The first-order chi connectivity index (χ1) is 39.8. The van der Waals surface area contributed by atoms with Crippen molar-refractivity contribution in [2.45, 2.75) is 196 Å². The Morgan fingerprint density at radius 3 is 0.635 bits per heavy atom. The number of nitrogens with one attached hydrogen (secondary N) is 3. The number of hydrogen-bond donors (Lipinski definition) is 3. The first kappa shape index (κ1) is 64.0. The molecule has 9 rings (SSSR count). The van der Waals surface area contributed by atoms with Crippen LogP contribution in [0.3, 0.4) is 0 Å². The molecule has 458 valence electrons. The molecule has 6 aromatic carbocycles. The van der Waals surface area contributed by atoms with E-state index in [9.17, 15) is 0 Å². The van der Waals surface area contributed by atoms with Crippen molar-refractivity contribution in [2.24, 2.45) is 0 Å². The van der Waals surface area contributed by atoms with Gasteiger partial charge in [-0.25, -0.2) is 0 Å². The van der Waals surface area contributed by atoms with Crippen LogP contribution in [0.15, 0.2) is 91.0 Å². The first-order valence-corrected chi connectivity index (χ1v) is 32.5. The zero-order chi connectivity index (χ0) is 61.3. The second-order valence-electron chi connectivity index (χ2n) is 31.7. The summed E-state index contributed by atoms with van der Waals surface area (Å²) in [6.07, 6.45) is 4.48. The normalized spacial score (nSPS) is 17.0. The summed E-state index contributed by atoms with van der Waals surface area (Å²) < 4.78 is 21.9. The molecule has 85 heavy (non-hydrogen) atoms. The molecule has 3 heterocycles. The highest BCUT2D eigenvalue weighted by atomic mass is 16.5. The van der Waals surface area contributed by atoms with E-state index in [0.29, 0.717) is 19.8 Å². The summed E-state index contributed by atoms with van der Waals surface area (Å²) in [5.74, 6) is 3.06. The van der Waals surface area contributed by atoms with E-state index in [1.807, 2.05) is 0 Å². The quantitative estimate of drug-likeness (QED) is 0.140. The van der Waals surface area contributed by atoms with Gasteiger partial charge >= 0.3 is 0 Å².